The largest absolute Gasteiger partial charge is 0.489 e. The lowest BCUT2D eigenvalue weighted by atomic mass is 10.0. The fraction of sp³-hybridized carbons (Fsp3) is 0.281. The number of carbonyl (C=O) groups excluding carboxylic acids is 3. The third-order valence-electron chi connectivity index (χ3n) is 6.51. The Hall–Kier alpha value is -4.39. The van der Waals surface area contributed by atoms with Crippen LogP contribution in [-0.2, 0) is 34.0 Å². The van der Waals surface area contributed by atoms with Gasteiger partial charge in [-0.2, -0.15) is 4.90 Å². The van der Waals surface area contributed by atoms with Crippen molar-refractivity contribution < 1.29 is 23.9 Å². The zero-order chi connectivity index (χ0) is 31.5. The SMILES string of the molecule is CC(C)C[C@H](NC(=O)[C@@H](N)Cc1ccc(OCc2ccccc2)cc1)C(=O)N(C(=O)OCc1ccccc1)c1n[nH]c(=S)s1. The normalized spacial score (nSPS) is 12.3. The number of H-pyrrole nitrogens is 1. The van der Waals surface area contributed by atoms with Gasteiger partial charge in [0.15, 0.2) is 3.95 Å². The van der Waals surface area contributed by atoms with Gasteiger partial charge in [0.2, 0.25) is 11.0 Å². The highest BCUT2D eigenvalue weighted by molar-refractivity contribution is 7.73. The number of anilines is 1. The van der Waals surface area contributed by atoms with Crippen molar-refractivity contribution in [1.29, 1.82) is 0 Å². The van der Waals surface area contributed by atoms with Gasteiger partial charge in [0.1, 0.15) is 25.0 Å². The van der Waals surface area contributed by atoms with Crippen LogP contribution in [-0.4, -0.2) is 40.2 Å². The average molecular weight is 634 g/mol. The third-order valence-corrected chi connectivity index (χ3v) is 7.59. The summed E-state index contributed by atoms with van der Waals surface area (Å²) in [5.41, 5.74) is 8.91. The summed E-state index contributed by atoms with van der Waals surface area (Å²) in [6.07, 6.45) is -0.446. The van der Waals surface area contributed by atoms with E-state index in [0.29, 0.717) is 12.4 Å². The highest BCUT2D eigenvalue weighted by Crippen LogP contribution is 2.22. The summed E-state index contributed by atoms with van der Waals surface area (Å²) in [5.74, 6) is -0.529. The molecular formula is C32H35N5O5S2. The van der Waals surface area contributed by atoms with Gasteiger partial charge < -0.3 is 20.5 Å². The molecule has 4 N–H and O–H groups in total. The highest BCUT2D eigenvalue weighted by Gasteiger charge is 2.35. The Bertz CT molecular complexity index is 1580. The van der Waals surface area contributed by atoms with Crippen LogP contribution in [0.3, 0.4) is 0 Å². The number of nitrogens with two attached hydrogens (primary N) is 1. The maximum atomic E-state index is 13.8. The van der Waals surface area contributed by atoms with Gasteiger partial charge >= 0.3 is 6.09 Å². The second kappa shape index (κ2) is 15.9. The Labute approximate surface area is 265 Å². The van der Waals surface area contributed by atoms with Crippen LogP contribution in [0.2, 0.25) is 0 Å². The van der Waals surface area contributed by atoms with Gasteiger partial charge in [0.05, 0.1) is 6.04 Å². The molecule has 2 atom stereocenters. The molecule has 0 saturated carbocycles. The Morgan fingerprint density at radius 2 is 1.55 bits per heavy atom. The monoisotopic (exact) mass is 633 g/mol. The molecule has 0 aliphatic rings. The zero-order valence-electron chi connectivity index (χ0n) is 24.5. The number of hydrogen-bond acceptors (Lipinski definition) is 9. The van der Waals surface area contributed by atoms with E-state index in [0.717, 1.165) is 32.9 Å². The van der Waals surface area contributed by atoms with E-state index >= 15 is 0 Å². The van der Waals surface area contributed by atoms with Crippen molar-refractivity contribution in [2.75, 3.05) is 4.90 Å². The number of rotatable bonds is 13. The molecule has 0 saturated heterocycles. The predicted molar refractivity (Wildman–Crippen MR) is 172 cm³/mol. The summed E-state index contributed by atoms with van der Waals surface area (Å²) < 4.78 is 11.6. The van der Waals surface area contributed by atoms with Gasteiger partial charge in [-0.05, 0) is 59.8 Å². The summed E-state index contributed by atoms with van der Waals surface area (Å²) >= 11 is 6.08. The number of aromatic amines is 1. The van der Waals surface area contributed by atoms with Crippen molar-refractivity contribution in [1.82, 2.24) is 15.5 Å². The van der Waals surface area contributed by atoms with Gasteiger partial charge in [-0.3, -0.25) is 14.7 Å². The van der Waals surface area contributed by atoms with Crippen molar-refractivity contribution in [3.05, 3.63) is 106 Å². The topological polar surface area (TPSA) is 140 Å². The van der Waals surface area contributed by atoms with Crippen LogP contribution in [0.4, 0.5) is 9.93 Å². The molecule has 230 valence electrons. The number of ether oxygens (including phenoxy) is 2. The van der Waals surface area contributed by atoms with Crippen LogP contribution in [0.15, 0.2) is 84.9 Å². The Morgan fingerprint density at radius 1 is 0.932 bits per heavy atom. The summed E-state index contributed by atoms with van der Waals surface area (Å²) in [5, 5.41) is 9.38. The minimum Gasteiger partial charge on any atom is -0.489 e. The van der Waals surface area contributed by atoms with Crippen LogP contribution in [0.25, 0.3) is 0 Å². The highest BCUT2D eigenvalue weighted by atomic mass is 32.1. The number of nitrogens with zero attached hydrogens (tertiary/aromatic N) is 2. The molecule has 10 nitrogen and oxygen atoms in total. The molecule has 4 rings (SSSR count). The van der Waals surface area contributed by atoms with E-state index in [9.17, 15) is 14.4 Å². The molecule has 44 heavy (non-hydrogen) atoms. The number of amides is 3. The smallest absolute Gasteiger partial charge is 0.423 e. The van der Waals surface area contributed by atoms with Gasteiger partial charge in [0, 0.05) is 0 Å². The fourth-order valence-electron chi connectivity index (χ4n) is 4.30. The Morgan fingerprint density at radius 3 is 2.11 bits per heavy atom. The summed E-state index contributed by atoms with van der Waals surface area (Å²) in [6, 6.07) is 24.2. The van der Waals surface area contributed by atoms with Crippen LogP contribution >= 0.6 is 23.6 Å². The third kappa shape index (κ3) is 9.56. The molecule has 0 bridgehead atoms. The molecule has 0 aliphatic carbocycles. The molecule has 12 heteroatoms. The molecule has 0 spiro atoms. The van der Waals surface area contributed by atoms with Crippen molar-refractivity contribution >= 4 is 46.6 Å². The van der Waals surface area contributed by atoms with E-state index in [1.54, 1.807) is 12.1 Å². The Balaban J connectivity index is 1.42. The first-order valence-electron chi connectivity index (χ1n) is 14.1. The van der Waals surface area contributed by atoms with E-state index in [1.807, 2.05) is 86.6 Å². The zero-order valence-corrected chi connectivity index (χ0v) is 26.1. The van der Waals surface area contributed by atoms with Gasteiger partial charge in [-0.25, -0.2) is 4.79 Å². The number of carbonyl (C=O) groups is 3. The van der Waals surface area contributed by atoms with E-state index in [1.165, 1.54) is 0 Å². The molecule has 1 heterocycles. The molecule has 0 aliphatic heterocycles. The van der Waals surface area contributed by atoms with Crippen LogP contribution < -0.4 is 20.7 Å². The summed E-state index contributed by atoms with van der Waals surface area (Å²) in [6.45, 7) is 4.20. The summed E-state index contributed by atoms with van der Waals surface area (Å²) in [4.78, 5) is 41.1. The van der Waals surface area contributed by atoms with E-state index in [2.05, 4.69) is 15.5 Å². The number of hydrogen-bond donors (Lipinski definition) is 3. The molecule has 0 fully saturated rings. The van der Waals surface area contributed by atoms with Gasteiger partial charge in [0.25, 0.3) is 5.91 Å². The molecule has 3 amide bonds. The lowest BCUT2D eigenvalue weighted by Gasteiger charge is -2.26. The van der Waals surface area contributed by atoms with E-state index in [4.69, 9.17) is 27.4 Å². The summed E-state index contributed by atoms with van der Waals surface area (Å²) in [7, 11) is 0. The van der Waals surface area contributed by atoms with Gasteiger partial charge in [-0.15, -0.1) is 5.10 Å². The number of nitrogens with one attached hydrogen (secondary N) is 2. The second-order valence-corrected chi connectivity index (χ2v) is 12.2. The average Bonchev–Trinajstić information content (AvgIpc) is 3.45. The number of imide groups is 1. The van der Waals surface area contributed by atoms with Crippen molar-refractivity contribution in [2.24, 2.45) is 11.7 Å². The molecule has 0 radical (unpaired) electrons. The van der Waals surface area contributed by atoms with Crippen LogP contribution in [0.5, 0.6) is 5.75 Å². The fourth-order valence-corrected chi connectivity index (χ4v) is 5.17. The lowest BCUT2D eigenvalue weighted by Crippen LogP contribution is -2.55. The predicted octanol–water partition coefficient (Wildman–Crippen LogP) is 5.55. The van der Waals surface area contributed by atoms with Crippen LogP contribution in [0.1, 0.15) is 37.0 Å². The molecule has 0 unspecified atom stereocenters. The second-order valence-electron chi connectivity index (χ2n) is 10.5. The minimum absolute atomic E-state index is 0.00321. The van der Waals surface area contributed by atoms with Crippen molar-refractivity contribution in [3.63, 3.8) is 0 Å². The standard InChI is InChI=1S/C32H35N5O5S2/c1-21(2)17-27(29(39)37(30-35-36-31(43)44-30)32(40)42-20-24-11-7-4-8-12-24)34-28(38)26(33)18-22-13-15-25(16-14-22)41-19-23-9-5-3-6-10-23/h3-16,21,26-27H,17-20,33H2,1-2H3,(H,34,38)(H,36,43)/t26-,27-/m0/s1. The molecule has 1 aromatic heterocycles. The maximum absolute atomic E-state index is 13.8. The Kier molecular flexibility index (Phi) is 11.8. The molecule has 3 aromatic carbocycles. The first-order chi connectivity index (χ1) is 21.2. The first kappa shape index (κ1) is 32.5. The first-order valence-corrected chi connectivity index (χ1v) is 15.3. The lowest BCUT2D eigenvalue weighted by molar-refractivity contribution is -0.128. The maximum Gasteiger partial charge on any atom is 0.423 e. The number of aromatic nitrogens is 2. The van der Waals surface area contributed by atoms with Gasteiger partial charge in [-0.1, -0.05) is 98.0 Å². The molecular weight excluding hydrogens is 599 g/mol. The van der Waals surface area contributed by atoms with Crippen LogP contribution in [0, 0.1) is 9.87 Å². The minimum atomic E-state index is -1.07. The van der Waals surface area contributed by atoms with E-state index < -0.39 is 30.0 Å². The van der Waals surface area contributed by atoms with E-state index in [-0.39, 0.29) is 34.5 Å². The molecule has 4 aromatic rings. The number of benzene rings is 3. The van der Waals surface area contributed by atoms with Crippen molar-refractivity contribution in [3.8, 4) is 5.75 Å². The van der Waals surface area contributed by atoms with Crippen molar-refractivity contribution in [2.45, 2.75) is 52.0 Å². The quantitative estimate of drug-likeness (QED) is 0.163.